The smallest absolute Gasteiger partial charge is 0.414 e. The van der Waals surface area contributed by atoms with Crippen molar-refractivity contribution in [2.75, 3.05) is 25.7 Å². The standard InChI is InChI=1S/C23H24N2O7/c1-30-11-5-3-4-10-14(11)25(19(28)31-2)21-8-7-20-12(26)6-9-24-16-13(22(10,21)17(20)24)15(27)23(21,29)18(20)32-16/h3-5,12-13,16-18,26,29H,6-9H2,1-2H3/t12-,13?,16-,17-,18+,20?,21-,22-,23-/m0/s1. The highest BCUT2D eigenvalue weighted by Gasteiger charge is 3.01. The molecule has 4 aliphatic carbocycles. The number of methoxy groups -OCH3 is 2. The molecule has 9 heteroatoms. The largest absolute Gasteiger partial charge is 0.495 e. The van der Waals surface area contributed by atoms with E-state index in [-0.39, 0.29) is 11.8 Å². The fraction of sp³-hybridized carbons (Fsp3) is 0.652. The number of fused-ring (bicyclic) bond motifs is 2. The summed E-state index contributed by atoms with van der Waals surface area (Å²) in [5.74, 6) is -0.380. The summed E-state index contributed by atoms with van der Waals surface area (Å²) in [5.41, 5.74) is -3.45. The number of anilines is 1. The number of hydrogen-bond donors (Lipinski definition) is 2. The van der Waals surface area contributed by atoms with Gasteiger partial charge in [0.1, 0.15) is 23.6 Å². The Morgan fingerprint density at radius 1 is 1.28 bits per heavy atom. The zero-order chi connectivity index (χ0) is 22.0. The van der Waals surface area contributed by atoms with E-state index in [0.29, 0.717) is 37.2 Å². The number of carbonyl (C=O) groups excluding carboxylic acids is 2. The molecule has 3 spiro atoms. The van der Waals surface area contributed by atoms with Crippen LogP contribution in [0.25, 0.3) is 0 Å². The zero-order valence-corrected chi connectivity index (χ0v) is 17.8. The highest BCUT2D eigenvalue weighted by molar-refractivity contribution is 6.09. The number of nitrogens with zero attached hydrogens (tertiary/aromatic N) is 2. The molecule has 1 amide bonds. The summed E-state index contributed by atoms with van der Waals surface area (Å²) in [6.07, 6.45) is -1.12. The third kappa shape index (κ3) is 1.22. The molecule has 3 unspecified atom stereocenters. The van der Waals surface area contributed by atoms with Crippen molar-refractivity contribution in [2.45, 2.75) is 60.3 Å². The van der Waals surface area contributed by atoms with E-state index in [4.69, 9.17) is 14.2 Å². The molecule has 1 aromatic carbocycles. The zero-order valence-electron chi connectivity index (χ0n) is 17.8. The lowest BCUT2D eigenvalue weighted by Gasteiger charge is -2.74. The highest BCUT2D eigenvalue weighted by atomic mass is 16.6. The molecular formula is C23H24N2O7. The maximum atomic E-state index is 14.1. The molecule has 5 heterocycles. The number of aliphatic hydroxyl groups excluding tert-OH is 1. The van der Waals surface area contributed by atoms with Crippen LogP contribution in [0.2, 0.25) is 0 Å². The number of benzene rings is 1. The SMILES string of the molecule is COC(=O)N1c2c(OC)cccc2[C@@]23C4C(=O)[C@]5(O)[C@@H]6O[C@@H]4N4CC[C@H](O)C6(CC[C@]125)[C@H]43. The molecule has 4 saturated carbocycles. The van der Waals surface area contributed by atoms with Gasteiger partial charge in [-0.15, -0.1) is 0 Å². The average Bonchev–Trinajstić information content (AvgIpc) is 3.26. The van der Waals surface area contributed by atoms with Gasteiger partial charge in [-0.3, -0.25) is 14.6 Å². The van der Waals surface area contributed by atoms with Gasteiger partial charge >= 0.3 is 6.09 Å². The molecule has 9 nitrogen and oxygen atoms in total. The fourth-order valence-corrected chi connectivity index (χ4v) is 9.87. The molecule has 32 heavy (non-hydrogen) atoms. The first-order valence-corrected chi connectivity index (χ1v) is 11.3. The van der Waals surface area contributed by atoms with Gasteiger partial charge in [-0.1, -0.05) is 12.1 Å². The number of aliphatic hydroxyl groups is 2. The van der Waals surface area contributed by atoms with Gasteiger partial charge in [0.2, 0.25) is 0 Å². The molecular weight excluding hydrogens is 416 g/mol. The summed E-state index contributed by atoms with van der Waals surface area (Å²) in [6, 6.07) is 5.40. The van der Waals surface area contributed by atoms with Crippen molar-refractivity contribution in [1.29, 1.82) is 0 Å². The summed E-state index contributed by atoms with van der Waals surface area (Å²) < 4.78 is 17.4. The van der Waals surface area contributed by atoms with Crippen LogP contribution in [0.5, 0.6) is 5.75 Å². The van der Waals surface area contributed by atoms with Crippen LogP contribution in [0.4, 0.5) is 10.5 Å². The maximum absolute atomic E-state index is 14.1. The third-order valence-electron chi connectivity index (χ3n) is 10.3. The average molecular weight is 440 g/mol. The highest BCUT2D eigenvalue weighted by Crippen LogP contribution is 2.85. The number of ketones is 1. The molecule has 5 aliphatic heterocycles. The van der Waals surface area contributed by atoms with Crippen molar-refractivity contribution in [3.05, 3.63) is 23.8 Å². The lowest BCUT2D eigenvalue weighted by atomic mass is 9.38. The van der Waals surface area contributed by atoms with Crippen molar-refractivity contribution in [3.8, 4) is 5.75 Å². The second kappa shape index (κ2) is 4.84. The first-order chi connectivity index (χ1) is 15.4. The molecule has 1 aromatic rings. The minimum Gasteiger partial charge on any atom is -0.495 e. The Labute approximate surface area is 183 Å². The summed E-state index contributed by atoms with van der Waals surface area (Å²) in [4.78, 5) is 31.3. The number of para-hydroxylation sites is 1. The van der Waals surface area contributed by atoms with Gasteiger partial charge < -0.3 is 24.4 Å². The van der Waals surface area contributed by atoms with Gasteiger partial charge in [-0.25, -0.2) is 4.79 Å². The van der Waals surface area contributed by atoms with E-state index >= 15 is 0 Å². The Kier molecular flexibility index (Phi) is 2.76. The van der Waals surface area contributed by atoms with Gasteiger partial charge in [-0.2, -0.15) is 0 Å². The van der Waals surface area contributed by atoms with E-state index in [0.717, 1.165) is 5.56 Å². The van der Waals surface area contributed by atoms with Gasteiger partial charge in [0.15, 0.2) is 11.4 Å². The fourth-order valence-electron chi connectivity index (χ4n) is 9.87. The molecule has 168 valence electrons. The molecule has 9 aliphatic rings. The summed E-state index contributed by atoms with van der Waals surface area (Å²) in [7, 11) is 2.86. The van der Waals surface area contributed by atoms with E-state index in [1.807, 2.05) is 12.1 Å². The van der Waals surface area contributed by atoms with Crippen molar-refractivity contribution in [1.82, 2.24) is 4.90 Å². The van der Waals surface area contributed by atoms with E-state index in [1.54, 1.807) is 13.2 Å². The van der Waals surface area contributed by atoms with Gasteiger partial charge in [0.25, 0.3) is 0 Å². The molecule has 10 atom stereocenters. The number of rotatable bonds is 1. The van der Waals surface area contributed by atoms with Gasteiger partial charge in [0.05, 0.1) is 37.3 Å². The quantitative estimate of drug-likeness (QED) is 0.636. The van der Waals surface area contributed by atoms with Crippen LogP contribution in [-0.4, -0.2) is 83.4 Å². The van der Waals surface area contributed by atoms with E-state index < -0.39 is 52.4 Å². The van der Waals surface area contributed by atoms with Crippen LogP contribution in [0.1, 0.15) is 24.8 Å². The van der Waals surface area contributed by atoms with E-state index in [9.17, 15) is 19.8 Å². The van der Waals surface area contributed by atoms with Crippen LogP contribution >= 0.6 is 0 Å². The summed E-state index contributed by atoms with van der Waals surface area (Å²) >= 11 is 0. The van der Waals surface area contributed by atoms with Crippen LogP contribution in [0, 0.1) is 11.3 Å². The second-order valence-corrected chi connectivity index (χ2v) is 10.5. The molecule has 4 saturated heterocycles. The monoisotopic (exact) mass is 440 g/mol. The van der Waals surface area contributed by atoms with Crippen LogP contribution in [0.3, 0.4) is 0 Å². The maximum Gasteiger partial charge on any atom is 0.414 e. The number of piperidine rings is 1. The third-order valence-corrected chi connectivity index (χ3v) is 10.3. The second-order valence-electron chi connectivity index (χ2n) is 10.5. The first kappa shape index (κ1) is 18.3. The van der Waals surface area contributed by atoms with Crippen LogP contribution < -0.4 is 9.64 Å². The minimum absolute atomic E-state index is 0.214. The van der Waals surface area contributed by atoms with Crippen LogP contribution in [0.15, 0.2) is 18.2 Å². The number of hydrogen-bond acceptors (Lipinski definition) is 8. The van der Waals surface area contributed by atoms with E-state index in [2.05, 4.69) is 4.90 Å². The predicted octanol–water partition coefficient (Wildman–Crippen LogP) is 0.156. The Hall–Kier alpha value is -2.20. The molecule has 2 N–H and O–H groups in total. The Balaban J connectivity index is 1.58. The van der Waals surface area contributed by atoms with Crippen LogP contribution in [-0.2, 0) is 19.7 Å². The Morgan fingerprint density at radius 2 is 2.09 bits per heavy atom. The number of Topliss-reactive ketones (excluding diaryl/α,β-unsaturated/α-hetero) is 1. The number of amides is 1. The van der Waals surface area contributed by atoms with Gasteiger partial charge in [-0.05, 0) is 30.9 Å². The topological polar surface area (TPSA) is 109 Å². The number of ether oxygens (including phenoxy) is 3. The lowest BCUT2D eigenvalue weighted by Crippen LogP contribution is -2.91. The molecule has 9 bridgehead atoms. The van der Waals surface area contributed by atoms with Crippen molar-refractivity contribution < 1.29 is 34.0 Å². The number of carbonyl (C=O) groups is 2. The normalized spacial score (nSPS) is 54.2. The minimum atomic E-state index is -1.93. The summed E-state index contributed by atoms with van der Waals surface area (Å²) in [5, 5.41) is 23.8. The summed E-state index contributed by atoms with van der Waals surface area (Å²) in [6.45, 7) is 0.614. The molecule has 10 rings (SSSR count). The van der Waals surface area contributed by atoms with Crippen molar-refractivity contribution in [2.24, 2.45) is 11.3 Å². The molecule has 0 radical (unpaired) electrons. The van der Waals surface area contributed by atoms with E-state index in [1.165, 1.54) is 12.0 Å². The molecule has 8 fully saturated rings. The van der Waals surface area contributed by atoms with Crippen molar-refractivity contribution >= 4 is 17.6 Å². The Morgan fingerprint density at radius 3 is 2.84 bits per heavy atom. The molecule has 0 aromatic heterocycles. The first-order valence-electron chi connectivity index (χ1n) is 11.3. The van der Waals surface area contributed by atoms with Crippen molar-refractivity contribution in [3.63, 3.8) is 0 Å². The van der Waals surface area contributed by atoms with Gasteiger partial charge in [0, 0.05) is 18.0 Å². The lowest BCUT2D eigenvalue weighted by molar-refractivity contribution is -0.350. The predicted molar refractivity (Wildman–Crippen MR) is 107 cm³/mol. The Bertz CT molecular complexity index is 1160.